The first-order valence-corrected chi connectivity index (χ1v) is 8.89. The van der Waals surface area contributed by atoms with Gasteiger partial charge in [0.1, 0.15) is 9.93 Å². The number of furan rings is 1. The summed E-state index contributed by atoms with van der Waals surface area (Å²) in [5, 5.41) is 14.2. The van der Waals surface area contributed by atoms with Crippen LogP contribution in [0.2, 0.25) is 0 Å². The maximum absolute atomic E-state index is 12.0. The number of benzene rings is 2. The van der Waals surface area contributed by atoms with E-state index in [1.807, 2.05) is 48.5 Å². The van der Waals surface area contributed by atoms with Crippen molar-refractivity contribution in [3.05, 3.63) is 82.1 Å². The molecular formula is C19H13N3O4S. The Kier molecular flexibility index (Phi) is 4.39. The largest absolute Gasteiger partial charge is 0.433 e. The molecule has 4 aromatic rings. The number of hydrogen-bond acceptors (Lipinski definition) is 6. The standard InChI is InChI=1S/C19H13N3O4S/c23-18(15-9-10-17(26-15)22(24)25)20-11-12-5-7-13(8-6-12)19-21-14-3-1-2-4-16(14)27-19/h1-10H,11H2,(H,20,23). The average molecular weight is 379 g/mol. The molecule has 0 aliphatic carbocycles. The molecule has 7 nitrogen and oxygen atoms in total. The summed E-state index contributed by atoms with van der Waals surface area (Å²) in [4.78, 5) is 26.5. The highest BCUT2D eigenvalue weighted by Gasteiger charge is 2.17. The van der Waals surface area contributed by atoms with Gasteiger partial charge in [-0.25, -0.2) is 4.98 Å². The third-order valence-electron chi connectivity index (χ3n) is 3.94. The van der Waals surface area contributed by atoms with Gasteiger partial charge < -0.3 is 9.73 Å². The first-order valence-electron chi connectivity index (χ1n) is 8.07. The maximum atomic E-state index is 12.0. The molecule has 0 bridgehead atoms. The minimum Gasteiger partial charge on any atom is -0.395 e. The van der Waals surface area contributed by atoms with Crippen molar-refractivity contribution >= 4 is 33.3 Å². The molecule has 4 rings (SSSR count). The number of nitro groups is 1. The van der Waals surface area contributed by atoms with Crippen LogP contribution >= 0.6 is 11.3 Å². The number of thiazole rings is 1. The summed E-state index contributed by atoms with van der Waals surface area (Å²) in [6.07, 6.45) is 0. The second-order valence-corrected chi connectivity index (χ2v) is 6.79. The highest BCUT2D eigenvalue weighted by Crippen LogP contribution is 2.30. The van der Waals surface area contributed by atoms with Crippen molar-refractivity contribution in [2.75, 3.05) is 0 Å². The lowest BCUT2D eigenvalue weighted by Crippen LogP contribution is -2.22. The second-order valence-electron chi connectivity index (χ2n) is 5.76. The number of amides is 1. The molecule has 1 N–H and O–H groups in total. The fraction of sp³-hybridized carbons (Fsp3) is 0.0526. The normalized spacial score (nSPS) is 10.8. The molecule has 2 heterocycles. The summed E-state index contributed by atoms with van der Waals surface area (Å²) in [7, 11) is 0. The smallest absolute Gasteiger partial charge is 0.395 e. The Hall–Kier alpha value is -3.52. The van der Waals surface area contributed by atoms with Gasteiger partial charge in [0.25, 0.3) is 5.91 Å². The molecular weight excluding hydrogens is 366 g/mol. The van der Waals surface area contributed by atoms with E-state index in [-0.39, 0.29) is 12.3 Å². The van der Waals surface area contributed by atoms with Crippen molar-refractivity contribution in [3.63, 3.8) is 0 Å². The van der Waals surface area contributed by atoms with Gasteiger partial charge in [-0.15, -0.1) is 11.3 Å². The predicted octanol–water partition coefficient (Wildman–Crippen LogP) is 4.39. The van der Waals surface area contributed by atoms with Crippen LogP contribution in [-0.2, 0) is 6.54 Å². The van der Waals surface area contributed by atoms with E-state index < -0.39 is 16.7 Å². The van der Waals surface area contributed by atoms with Crippen LogP contribution in [0.15, 0.2) is 65.1 Å². The Labute approximate surface area is 157 Å². The van der Waals surface area contributed by atoms with Crippen LogP contribution in [-0.4, -0.2) is 15.8 Å². The number of fused-ring (bicyclic) bond motifs is 1. The molecule has 0 aliphatic heterocycles. The van der Waals surface area contributed by atoms with Gasteiger partial charge in [0.2, 0.25) is 0 Å². The Morgan fingerprint density at radius 1 is 1.11 bits per heavy atom. The number of nitrogens with one attached hydrogen (secondary N) is 1. The number of carbonyl (C=O) groups excluding carboxylic acids is 1. The zero-order chi connectivity index (χ0) is 18.8. The number of aromatic nitrogens is 1. The molecule has 0 spiro atoms. The Morgan fingerprint density at radius 3 is 2.59 bits per heavy atom. The summed E-state index contributed by atoms with van der Waals surface area (Å²) >= 11 is 1.63. The second kappa shape index (κ2) is 7.00. The van der Waals surface area contributed by atoms with Crippen LogP contribution in [0.5, 0.6) is 0 Å². The van der Waals surface area contributed by atoms with Gasteiger partial charge >= 0.3 is 5.88 Å². The molecule has 0 unspecified atom stereocenters. The lowest BCUT2D eigenvalue weighted by Gasteiger charge is -2.04. The quantitative estimate of drug-likeness (QED) is 0.409. The first kappa shape index (κ1) is 16.9. The third kappa shape index (κ3) is 3.56. The Balaban J connectivity index is 1.43. The molecule has 0 saturated heterocycles. The molecule has 134 valence electrons. The van der Waals surface area contributed by atoms with Crippen molar-refractivity contribution in [1.29, 1.82) is 0 Å². The zero-order valence-corrected chi connectivity index (χ0v) is 14.7. The molecule has 0 atom stereocenters. The molecule has 1 amide bonds. The number of carbonyl (C=O) groups is 1. The Bertz CT molecular complexity index is 1100. The third-order valence-corrected chi connectivity index (χ3v) is 5.03. The average Bonchev–Trinajstić information content (AvgIpc) is 3.33. The van der Waals surface area contributed by atoms with E-state index in [9.17, 15) is 14.9 Å². The highest BCUT2D eigenvalue weighted by molar-refractivity contribution is 7.21. The van der Waals surface area contributed by atoms with E-state index in [0.717, 1.165) is 32.4 Å². The van der Waals surface area contributed by atoms with E-state index in [1.54, 1.807) is 11.3 Å². The van der Waals surface area contributed by atoms with Crippen LogP contribution < -0.4 is 5.32 Å². The molecule has 2 aromatic heterocycles. The van der Waals surface area contributed by atoms with Crippen molar-refractivity contribution in [1.82, 2.24) is 10.3 Å². The summed E-state index contributed by atoms with van der Waals surface area (Å²) in [6, 6.07) is 18.1. The number of para-hydroxylation sites is 1. The zero-order valence-electron chi connectivity index (χ0n) is 13.9. The number of hydrogen-bond donors (Lipinski definition) is 1. The minimum atomic E-state index is -0.683. The summed E-state index contributed by atoms with van der Waals surface area (Å²) in [6.45, 7) is 0.285. The fourth-order valence-corrected chi connectivity index (χ4v) is 3.55. The highest BCUT2D eigenvalue weighted by atomic mass is 32.1. The van der Waals surface area contributed by atoms with E-state index in [0.29, 0.717) is 0 Å². The van der Waals surface area contributed by atoms with Gasteiger partial charge in [0, 0.05) is 12.1 Å². The van der Waals surface area contributed by atoms with E-state index in [1.165, 1.54) is 6.07 Å². The molecule has 8 heteroatoms. The van der Waals surface area contributed by atoms with E-state index >= 15 is 0 Å². The predicted molar refractivity (Wildman–Crippen MR) is 102 cm³/mol. The monoisotopic (exact) mass is 379 g/mol. The molecule has 0 aliphatic rings. The van der Waals surface area contributed by atoms with Crippen LogP contribution in [0, 0.1) is 10.1 Å². The molecule has 2 aromatic carbocycles. The lowest BCUT2D eigenvalue weighted by atomic mass is 10.1. The number of nitrogens with zero attached hydrogens (tertiary/aromatic N) is 2. The van der Waals surface area contributed by atoms with Crippen molar-refractivity contribution in [2.45, 2.75) is 6.54 Å². The van der Waals surface area contributed by atoms with Gasteiger partial charge in [0.15, 0.2) is 5.76 Å². The molecule has 27 heavy (non-hydrogen) atoms. The van der Waals surface area contributed by atoms with Crippen molar-refractivity contribution < 1.29 is 14.1 Å². The summed E-state index contributed by atoms with van der Waals surface area (Å²) < 4.78 is 6.02. The van der Waals surface area contributed by atoms with E-state index in [4.69, 9.17) is 4.42 Å². The summed E-state index contributed by atoms with van der Waals surface area (Å²) in [5.41, 5.74) is 2.88. The van der Waals surface area contributed by atoms with Crippen LogP contribution in [0.1, 0.15) is 16.1 Å². The lowest BCUT2D eigenvalue weighted by molar-refractivity contribution is -0.402. The van der Waals surface area contributed by atoms with Gasteiger partial charge in [-0.05, 0) is 23.8 Å². The maximum Gasteiger partial charge on any atom is 0.433 e. The van der Waals surface area contributed by atoms with Crippen LogP contribution in [0.25, 0.3) is 20.8 Å². The van der Waals surface area contributed by atoms with E-state index in [2.05, 4.69) is 10.3 Å². The van der Waals surface area contributed by atoms with Crippen LogP contribution in [0.4, 0.5) is 5.88 Å². The fourth-order valence-electron chi connectivity index (χ4n) is 2.58. The van der Waals surface area contributed by atoms with Gasteiger partial charge in [0.05, 0.1) is 16.3 Å². The minimum absolute atomic E-state index is 0.0900. The van der Waals surface area contributed by atoms with Crippen molar-refractivity contribution in [2.24, 2.45) is 0 Å². The topological polar surface area (TPSA) is 98.3 Å². The van der Waals surface area contributed by atoms with Gasteiger partial charge in [-0.3, -0.25) is 14.9 Å². The summed E-state index contributed by atoms with van der Waals surface area (Å²) in [5.74, 6) is -1.05. The van der Waals surface area contributed by atoms with Crippen LogP contribution in [0.3, 0.4) is 0 Å². The van der Waals surface area contributed by atoms with Crippen molar-refractivity contribution in [3.8, 4) is 10.6 Å². The number of rotatable bonds is 5. The molecule has 0 fully saturated rings. The molecule has 0 saturated carbocycles. The SMILES string of the molecule is O=C(NCc1ccc(-c2nc3ccccc3s2)cc1)c1ccc([N+](=O)[O-])o1. The Morgan fingerprint density at radius 2 is 1.89 bits per heavy atom. The van der Waals surface area contributed by atoms with Gasteiger partial charge in [-0.1, -0.05) is 36.4 Å². The first-order chi connectivity index (χ1) is 13.1. The van der Waals surface area contributed by atoms with Gasteiger partial charge in [-0.2, -0.15) is 0 Å². The molecule has 0 radical (unpaired) electrons.